The fourth-order valence-electron chi connectivity index (χ4n) is 4.09. The van der Waals surface area contributed by atoms with Crippen LogP contribution in [-0.2, 0) is 5.41 Å². The molecule has 122 valence electrons. The maximum absolute atomic E-state index is 6.44. The second kappa shape index (κ2) is 6.79. The largest absolute Gasteiger partial charge is 0.493 e. The van der Waals surface area contributed by atoms with E-state index in [4.69, 9.17) is 15.2 Å². The van der Waals surface area contributed by atoms with Gasteiger partial charge in [0.1, 0.15) is 0 Å². The third kappa shape index (κ3) is 2.88. The molecular formula is C18H26BrNO2. The SMILES string of the molecule is COc1ccc(Br)c(C2(CN)CCCC2)c1OC1CCCC1. The van der Waals surface area contributed by atoms with Crippen molar-refractivity contribution in [2.75, 3.05) is 13.7 Å². The van der Waals surface area contributed by atoms with Crippen molar-refractivity contribution in [3.05, 3.63) is 22.2 Å². The molecule has 3 nitrogen and oxygen atoms in total. The molecule has 0 heterocycles. The number of ether oxygens (including phenoxy) is 2. The molecule has 0 radical (unpaired) electrons. The lowest BCUT2D eigenvalue weighted by Crippen LogP contribution is -2.33. The van der Waals surface area contributed by atoms with E-state index in [1.807, 2.05) is 6.07 Å². The molecule has 2 saturated carbocycles. The minimum atomic E-state index is 0.0291. The molecule has 0 spiro atoms. The Morgan fingerprint density at radius 3 is 2.45 bits per heavy atom. The number of methoxy groups -OCH3 is 1. The first-order valence-electron chi connectivity index (χ1n) is 8.44. The highest BCUT2D eigenvalue weighted by molar-refractivity contribution is 9.10. The maximum atomic E-state index is 6.44. The molecule has 4 heteroatoms. The molecule has 2 fully saturated rings. The van der Waals surface area contributed by atoms with E-state index in [-0.39, 0.29) is 5.41 Å². The van der Waals surface area contributed by atoms with E-state index in [9.17, 15) is 0 Å². The number of rotatable bonds is 5. The van der Waals surface area contributed by atoms with Crippen LogP contribution in [0.25, 0.3) is 0 Å². The first-order valence-corrected chi connectivity index (χ1v) is 9.23. The van der Waals surface area contributed by atoms with Crippen molar-refractivity contribution in [3.8, 4) is 11.5 Å². The Morgan fingerprint density at radius 1 is 1.18 bits per heavy atom. The minimum Gasteiger partial charge on any atom is -0.493 e. The zero-order chi connectivity index (χ0) is 15.6. The molecule has 22 heavy (non-hydrogen) atoms. The highest BCUT2D eigenvalue weighted by atomic mass is 79.9. The molecule has 0 aromatic heterocycles. The molecule has 3 rings (SSSR count). The summed E-state index contributed by atoms with van der Waals surface area (Å²) < 4.78 is 13.2. The standard InChI is InChI=1S/C18H26BrNO2/c1-21-15-9-8-14(19)16(18(12-20)10-4-5-11-18)17(15)22-13-6-2-3-7-13/h8-9,13H,2-7,10-12,20H2,1H3. The van der Waals surface area contributed by atoms with Crippen LogP contribution in [0, 0.1) is 0 Å². The van der Waals surface area contributed by atoms with Crippen LogP contribution in [0.2, 0.25) is 0 Å². The van der Waals surface area contributed by atoms with Crippen LogP contribution in [0.15, 0.2) is 16.6 Å². The monoisotopic (exact) mass is 367 g/mol. The van der Waals surface area contributed by atoms with Gasteiger partial charge in [-0.1, -0.05) is 28.8 Å². The third-order valence-corrected chi connectivity index (χ3v) is 6.02. The van der Waals surface area contributed by atoms with Gasteiger partial charge in [-0.2, -0.15) is 0 Å². The molecule has 2 aliphatic carbocycles. The van der Waals surface area contributed by atoms with Gasteiger partial charge in [-0.3, -0.25) is 0 Å². The Bertz CT molecular complexity index is 520. The Hall–Kier alpha value is -0.740. The summed E-state index contributed by atoms with van der Waals surface area (Å²) in [6.45, 7) is 0.666. The van der Waals surface area contributed by atoms with E-state index in [1.165, 1.54) is 31.2 Å². The second-order valence-corrected chi connectivity index (χ2v) is 7.52. The van der Waals surface area contributed by atoms with Crippen molar-refractivity contribution in [2.24, 2.45) is 5.73 Å². The lowest BCUT2D eigenvalue weighted by Gasteiger charge is -2.32. The Labute approximate surface area is 141 Å². The van der Waals surface area contributed by atoms with E-state index < -0.39 is 0 Å². The molecule has 0 amide bonds. The average Bonchev–Trinajstić information content (AvgIpc) is 3.20. The van der Waals surface area contributed by atoms with Gasteiger partial charge in [0.2, 0.25) is 0 Å². The van der Waals surface area contributed by atoms with Gasteiger partial charge in [0.15, 0.2) is 11.5 Å². The van der Waals surface area contributed by atoms with Gasteiger partial charge in [-0.15, -0.1) is 0 Å². The van der Waals surface area contributed by atoms with Crippen LogP contribution in [0.4, 0.5) is 0 Å². The van der Waals surface area contributed by atoms with E-state index in [0.29, 0.717) is 12.6 Å². The number of benzene rings is 1. The molecule has 1 aromatic rings. The molecule has 1 aromatic carbocycles. The zero-order valence-electron chi connectivity index (χ0n) is 13.4. The summed E-state index contributed by atoms with van der Waals surface area (Å²) in [6.07, 6.45) is 9.88. The van der Waals surface area contributed by atoms with Crippen molar-refractivity contribution in [2.45, 2.75) is 62.9 Å². The quantitative estimate of drug-likeness (QED) is 0.829. The fourth-order valence-corrected chi connectivity index (χ4v) is 4.83. The van der Waals surface area contributed by atoms with Gasteiger partial charge in [0.05, 0.1) is 13.2 Å². The number of hydrogen-bond donors (Lipinski definition) is 1. The molecule has 0 unspecified atom stereocenters. The minimum absolute atomic E-state index is 0.0291. The highest BCUT2D eigenvalue weighted by Crippen LogP contribution is 2.50. The summed E-state index contributed by atoms with van der Waals surface area (Å²) >= 11 is 3.75. The smallest absolute Gasteiger partial charge is 0.166 e. The first-order chi connectivity index (χ1) is 10.7. The van der Waals surface area contributed by atoms with Crippen molar-refractivity contribution >= 4 is 15.9 Å². The predicted molar refractivity (Wildman–Crippen MR) is 92.8 cm³/mol. The van der Waals surface area contributed by atoms with E-state index in [2.05, 4.69) is 22.0 Å². The van der Waals surface area contributed by atoms with Crippen molar-refractivity contribution in [3.63, 3.8) is 0 Å². The van der Waals surface area contributed by atoms with Crippen LogP contribution in [0.5, 0.6) is 11.5 Å². The van der Waals surface area contributed by atoms with E-state index in [0.717, 1.165) is 41.7 Å². The van der Waals surface area contributed by atoms with Crippen LogP contribution in [0.1, 0.15) is 56.9 Å². The summed E-state index contributed by atoms with van der Waals surface area (Å²) in [7, 11) is 1.72. The zero-order valence-corrected chi connectivity index (χ0v) is 15.0. The van der Waals surface area contributed by atoms with Crippen LogP contribution in [0.3, 0.4) is 0 Å². The summed E-state index contributed by atoms with van der Waals surface area (Å²) in [5, 5.41) is 0. The molecule has 0 saturated heterocycles. The predicted octanol–water partition coefficient (Wildman–Crippen LogP) is 4.55. The molecule has 2 aliphatic rings. The van der Waals surface area contributed by atoms with E-state index in [1.54, 1.807) is 7.11 Å². The van der Waals surface area contributed by atoms with Crippen LogP contribution < -0.4 is 15.2 Å². The number of hydrogen-bond acceptors (Lipinski definition) is 3. The Balaban J connectivity index is 2.05. The first kappa shape index (κ1) is 16.1. The summed E-state index contributed by atoms with van der Waals surface area (Å²) in [4.78, 5) is 0. The van der Waals surface area contributed by atoms with Crippen molar-refractivity contribution in [1.82, 2.24) is 0 Å². The van der Waals surface area contributed by atoms with Gasteiger partial charge < -0.3 is 15.2 Å². The molecule has 0 bridgehead atoms. The number of nitrogens with two attached hydrogens (primary N) is 1. The lowest BCUT2D eigenvalue weighted by atomic mass is 9.78. The molecule has 2 N–H and O–H groups in total. The molecular weight excluding hydrogens is 342 g/mol. The summed E-state index contributed by atoms with van der Waals surface area (Å²) in [5.41, 5.74) is 7.49. The number of halogens is 1. The van der Waals surface area contributed by atoms with Gasteiger partial charge >= 0.3 is 0 Å². The fraction of sp³-hybridized carbons (Fsp3) is 0.667. The maximum Gasteiger partial charge on any atom is 0.166 e. The van der Waals surface area contributed by atoms with Gasteiger partial charge in [-0.25, -0.2) is 0 Å². The average molecular weight is 368 g/mol. The second-order valence-electron chi connectivity index (χ2n) is 6.67. The van der Waals surface area contributed by atoms with Crippen molar-refractivity contribution < 1.29 is 9.47 Å². The van der Waals surface area contributed by atoms with Gasteiger partial charge in [-0.05, 0) is 50.7 Å². The molecule has 0 atom stereocenters. The lowest BCUT2D eigenvalue weighted by molar-refractivity contribution is 0.194. The Kier molecular flexibility index (Phi) is 4.98. The van der Waals surface area contributed by atoms with Gasteiger partial charge in [0.25, 0.3) is 0 Å². The highest BCUT2D eigenvalue weighted by Gasteiger charge is 2.40. The summed E-state index contributed by atoms with van der Waals surface area (Å²) in [6, 6.07) is 4.07. The Morgan fingerprint density at radius 2 is 1.86 bits per heavy atom. The van der Waals surface area contributed by atoms with Crippen LogP contribution in [-0.4, -0.2) is 19.8 Å². The normalized spacial score (nSPS) is 21.2. The van der Waals surface area contributed by atoms with Crippen molar-refractivity contribution in [1.29, 1.82) is 0 Å². The topological polar surface area (TPSA) is 44.5 Å². The summed E-state index contributed by atoms with van der Waals surface area (Å²) in [5.74, 6) is 1.76. The third-order valence-electron chi connectivity index (χ3n) is 5.36. The molecule has 0 aliphatic heterocycles. The van der Waals surface area contributed by atoms with Crippen LogP contribution >= 0.6 is 15.9 Å². The van der Waals surface area contributed by atoms with E-state index >= 15 is 0 Å². The van der Waals surface area contributed by atoms with Gasteiger partial charge in [0, 0.05) is 22.0 Å².